The standard InChI is InChI=1S/C15H13ClN2O3/c1-10-5-6-12(8-14(10)18(20)21)15(19)17-9-11-3-2-4-13(16)7-11/h2-8H,9H2,1H3,(H,17,19). The molecule has 108 valence electrons. The minimum absolute atomic E-state index is 0.0644. The molecule has 0 saturated carbocycles. The van der Waals surface area contributed by atoms with Gasteiger partial charge in [0.15, 0.2) is 0 Å². The van der Waals surface area contributed by atoms with Crippen molar-refractivity contribution in [1.29, 1.82) is 0 Å². The zero-order valence-corrected chi connectivity index (χ0v) is 12.1. The van der Waals surface area contributed by atoms with Crippen LogP contribution in [-0.2, 0) is 6.54 Å². The first-order chi connectivity index (χ1) is 9.97. The molecule has 21 heavy (non-hydrogen) atoms. The van der Waals surface area contributed by atoms with Crippen LogP contribution in [0.2, 0.25) is 5.02 Å². The highest BCUT2D eigenvalue weighted by Crippen LogP contribution is 2.19. The number of nitro benzene ring substituents is 1. The van der Waals surface area contributed by atoms with E-state index < -0.39 is 4.92 Å². The van der Waals surface area contributed by atoms with Gasteiger partial charge in [-0.2, -0.15) is 0 Å². The van der Waals surface area contributed by atoms with Crippen molar-refractivity contribution in [3.8, 4) is 0 Å². The van der Waals surface area contributed by atoms with Crippen molar-refractivity contribution in [2.75, 3.05) is 0 Å². The molecule has 6 heteroatoms. The molecule has 0 unspecified atom stereocenters. The monoisotopic (exact) mass is 304 g/mol. The molecular weight excluding hydrogens is 292 g/mol. The summed E-state index contributed by atoms with van der Waals surface area (Å²) in [6.45, 7) is 1.94. The molecule has 1 N–H and O–H groups in total. The molecule has 0 radical (unpaired) electrons. The molecule has 2 aromatic rings. The maximum atomic E-state index is 12.0. The Labute approximate surface area is 126 Å². The lowest BCUT2D eigenvalue weighted by atomic mass is 10.1. The van der Waals surface area contributed by atoms with Crippen molar-refractivity contribution >= 4 is 23.2 Å². The average Bonchev–Trinajstić information content (AvgIpc) is 2.45. The number of hydrogen-bond donors (Lipinski definition) is 1. The fourth-order valence-electron chi connectivity index (χ4n) is 1.88. The molecule has 0 aliphatic heterocycles. The van der Waals surface area contributed by atoms with E-state index in [1.165, 1.54) is 6.07 Å². The lowest BCUT2D eigenvalue weighted by Gasteiger charge is -2.06. The molecule has 0 aliphatic carbocycles. The first-order valence-electron chi connectivity index (χ1n) is 6.25. The second-order valence-corrected chi connectivity index (χ2v) is 5.01. The number of carbonyl (C=O) groups is 1. The summed E-state index contributed by atoms with van der Waals surface area (Å²) in [5.41, 5.74) is 1.57. The highest BCUT2D eigenvalue weighted by molar-refractivity contribution is 6.30. The maximum absolute atomic E-state index is 12.0. The summed E-state index contributed by atoms with van der Waals surface area (Å²) in [7, 11) is 0. The molecule has 0 spiro atoms. The molecule has 0 heterocycles. The summed E-state index contributed by atoms with van der Waals surface area (Å²) in [6, 6.07) is 11.5. The van der Waals surface area contributed by atoms with Gasteiger partial charge in [-0.3, -0.25) is 14.9 Å². The summed E-state index contributed by atoms with van der Waals surface area (Å²) >= 11 is 5.86. The van der Waals surface area contributed by atoms with Crippen molar-refractivity contribution in [3.05, 3.63) is 74.3 Å². The number of nitrogens with one attached hydrogen (secondary N) is 1. The number of halogens is 1. The van der Waals surface area contributed by atoms with E-state index in [0.717, 1.165) is 5.56 Å². The van der Waals surface area contributed by atoms with Gasteiger partial charge in [0, 0.05) is 28.8 Å². The number of hydrogen-bond acceptors (Lipinski definition) is 3. The van der Waals surface area contributed by atoms with Crippen molar-refractivity contribution in [2.24, 2.45) is 0 Å². The van der Waals surface area contributed by atoms with Gasteiger partial charge in [-0.15, -0.1) is 0 Å². The highest BCUT2D eigenvalue weighted by atomic mass is 35.5. The Morgan fingerprint density at radius 1 is 1.29 bits per heavy atom. The lowest BCUT2D eigenvalue weighted by Crippen LogP contribution is -2.22. The first kappa shape index (κ1) is 15.0. The van der Waals surface area contributed by atoms with E-state index in [9.17, 15) is 14.9 Å². The third kappa shape index (κ3) is 3.79. The summed E-state index contributed by atoms with van der Waals surface area (Å²) < 4.78 is 0. The molecule has 1 amide bonds. The van der Waals surface area contributed by atoms with Gasteiger partial charge in [-0.1, -0.05) is 29.8 Å². The molecule has 0 atom stereocenters. The van der Waals surface area contributed by atoms with Gasteiger partial charge in [-0.25, -0.2) is 0 Å². The van der Waals surface area contributed by atoms with Crippen molar-refractivity contribution in [2.45, 2.75) is 13.5 Å². The fourth-order valence-corrected chi connectivity index (χ4v) is 2.09. The lowest BCUT2D eigenvalue weighted by molar-refractivity contribution is -0.385. The number of aryl methyl sites for hydroxylation is 1. The Bertz CT molecular complexity index is 701. The van der Waals surface area contributed by atoms with E-state index in [-0.39, 0.29) is 17.2 Å². The van der Waals surface area contributed by atoms with Crippen LogP contribution in [0.3, 0.4) is 0 Å². The fraction of sp³-hybridized carbons (Fsp3) is 0.133. The van der Waals surface area contributed by atoms with E-state index >= 15 is 0 Å². The van der Waals surface area contributed by atoms with Gasteiger partial charge < -0.3 is 5.32 Å². The Balaban J connectivity index is 2.10. The number of nitrogens with zero attached hydrogens (tertiary/aromatic N) is 1. The van der Waals surface area contributed by atoms with Crippen molar-refractivity contribution < 1.29 is 9.72 Å². The topological polar surface area (TPSA) is 72.2 Å². The Kier molecular flexibility index (Phi) is 4.55. The van der Waals surface area contributed by atoms with Crippen LogP contribution in [-0.4, -0.2) is 10.8 Å². The number of rotatable bonds is 4. The van der Waals surface area contributed by atoms with Gasteiger partial charge in [0.05, 0.1) is 4.92 Å². The predicted molar refractivity (Wildman–Crippen MR) is 80.5 cm³/mol. The van der Waals surface area contributed by atoms with E-state index in [1.807, 2.05) is 6.07 Å². The third-order valence-corrected chi connectivity index (χ3v) is 3.25. The highest BCUT2D eigenvalue weighted by Gasteiger charge is 2.14. The summed E-state index contributed by atoms with van der Waals surface area (Å²) in [5, 5.41) is 14.2. The molecule has 2 rings (SSSR count). The van der Waals surface area contributed by atoms with Crippen LogP contribution in [0.15, 0.2) is 42.5 Å². The quantitative estimate of drug-likeness (QED) is 0.694. The van der Waals surface area contributed by atoms with Gasteiger partial charge >= 0.3 is 0 Å². The molecule has 5 nitrogen and oxygen atoms in total. The molecule has 0 bridgehead atoms. The molecule has 2 aromatic carbocycles. The second kappa shape index (κ2) is 6.37. The largest absolute Gasteiger partial charge is 0.348 e. The van der Waals surface area contributed by atoms with Crippen LogP contribution >= 0.6 is 11.6 Å². The number of amides is 1. The number of benzene rings is 2. The second-order valence-electron chi connectivity index (χ2n) is 4.57. The van der Waals surface area contributed by atoms with E-state index in [2.05, 4.69) is 5.32 Å². The maximum Gasteiger partial charge on any atom is 0.273 e. The van der Waals surface area contributed by atoms with Crippen LogP contribution in [0.25, 0.3) is 0 Å². The molecule has 0 fully saturated rings. The van der Waals surface area contributed by atoms with E-state index in [4.69, 9.17) is 11.6 Å². The molecule has 0 saturated heterocycles. The van der Waals surface area contributed by atoms with Crippen LogP contribution in [0.5, 0.6) is 0 Å². The SMILES string of the molecule is Cc1ccc(C(=O)NCc2cccc(Cl)c2)cc1[N+](=O)[O-]. The summed E-state index contributed by atoms with van der Waals surface area (Å²) in [6.07, 6.45) is 0. The van der Waals surface area contributed by atoms with Crippen LogP contribution in [0.1, 0.15) is 21.5 Å². The van der Waals surface area contributed by atoms with Crippen LogP contribution in [0, 0.1) is 17.0 Å². The zero-order chi connectivity index (χ0) is 15.4. The average molecular weight is 305 g/mol. The molecule has 0 aliphatic rings. The van der Waals surface area contributed by atoms with Gasteiger partial charge in [0.1, 0.15) is 0 Å². The Morgan fingerprint density at radius 2 is 2.05 bits per heavy atom. The van der Waals surface area contributed by atoms with Crippen LogP contribution < -0.4 is 5.32 Å². The van der Waals surface area contributed by atoms with Gasteiger partial charge in [0.25, 0.3) is 11.6 Å². The van der Waals surface area contributed by atoms with Crippen molar-refractivity contribution in [1.82, 2.24) is 5.32 Å². The van der Waals surface area contributed by atoms with Gasteiger partial charge in [0.2, 0.25) is 0 Å². The molecular formula is C15H13ClN2O3. The Morgan fingerprint density at radius 3 is 2.71 bits per heavy atom. The predicted octanol–water partition coefficient (Wildman–Crippen LogP) is 3.49. The van der Waals surface area contributed by atoms with Gasteiger partial charge in [-0.05, 0) is 30.7 Å². The zero-order valence-electron chi connectivity index (χ0n) is 11.3. The normalized spacial score (nSPS) is 10.2. The van der Waals surface area contributed by atoms with Crippen molar-refractivity contribution in [3.63, 3.8) is 0 Å². The minimum atomic E-state index is -0.497. The Hall–Kier alpha value is -2.40. The number of nitro groups is 1. The van der Waals surface area contributed by atoms with E-state index in [1.54, 1.807) is 37.3 Å². The van der Waals surface area contributed by atoms with E-state index in [0.29, 0.717) is 17.1 Å². The minimum Gasteiger partial charge on any atom is -0.348 e. The molecule has 0 aromatic heterocycles. The summed E-state index contributed by atoms with van der Waals surface area (Å²) in [5.74, 6) is -0.363. The van der Waals surface area contributed by atoms with Crippen LogP contribution in [0.4, 0.5) is 5.69 Å². The smallest absolute Gasteiger partial charge is 0.273 e. The summed E-state index contributed by atoms with van der Waals surface area (Å²) in [4.78, 5) is 22.4. The first-order valence-corrected chi connectivity index (χ1v) is 6.63. The number of carbonyl (C=O) groups excluding carboxylic acids is 1. The third-order valence-electron chi connectivity index (χ3n) is 3.01.